The Morgan fingerprint density at radius 2 is 1.83 bits per heavy atom. The van der Waals surface area contributed by atoms with E-state index in [1.165, 1.54) is 0 Å². The normalized spacial score (nSPS) is 12.0. The van der Waals surface area contributed by atoms with Crippen LogP contribution in [0, 0.1) is 0 Å². The summed E-state index contributed by atoms with van der Waals surface area (Å²) in [4.78, 5) is 20.3. The van der Waals surface area contributed by atoms with Crippen LogP contribution in [0.5, 0.6) is 5.75 Å². The smallest absolute Gasteiger partial charge is 0.239 e. The summed E-state index contributed by atoms with van der Waals surface area (Å²) in [5.74, 6) is 0.495. The molecule has 0 bridgehead atoms. The Balaban J connectivity index is 2.18. The summed E-state index contributed by atoms with van der Waals surface area (Å²) in [6, 6.07) is 13.7. The average molecular weight is 308 g/mol. The number of hydrogen-bond donors (Lipinski definition) is 3. The highest BCUT2D eigenvalue weighted by atomic mass is 16.3. The summed E-state index contributed by atoms with van der Waals surface area (Å²) >= 11 is 0. The predicted molar refractivity (Wildman–Crippen MR) is 88.9 cm³/mol. The van der Waals surface area contributed by atoms with E-state index in [9.17, 15) is 9.90 Å². The van der Waals surface area contributed by atoms with E-state index >= 15 is 0 Å². The first kappa shape index (κ1) is 14.8. The van der Waals surface area contributed by atoms with Gasteiger partial charge in [-0.3, -0.25) is 4.79 Å². The van der Waals surface area contributed by atoms with E-state index in [1.807, 2.05) is 24.3 Å². The molecule has 1 amide bonds. The fourth-order valence-electron chi connectivity index (χ4n) is 2.25. The van der Waals surface area contributed by atoms with Gasteiger partial charge < -0.3 is 16.2 Å². The second kappa shape index (κ2) is 5.92. The number of aromatic hydroxyl groups is 1. The largest absolute Gasteiger partial charge is 0.507 e. The number of nitrogens with one attached hydrogen (secondary N) is 1. The van der Waals surface area contributed by atoms with Crippen LogP contribution in [0.1, 0.15) is 6.92 Å². The third-order valence-electron chi connectivity index (χ3n) is 3.53. The SMILES string of the molecule is C[C@@H](Nc1nc(-c2ccccc2O)nc2ccccc12)C(N)=O. The zero-order valence-electron chi connectivity index (χ0n) is 12.5. The molecule has 1 heterocycles. The number of anilines is 1. The number of aromatic nitrogens is 2. The Bertz CT molecular complexity index is 879. The van der Waals surface area contributed by atoms with Crippen LogP contribution in [-0.2, 0) is 4.79 Å². The molecule has 116 valence electrons. The van der Waals surface area contributed by atoms with Gasteiger partial charge in [0.05, 0.1) is 11.1 Å². The minimum absolute atomic E-state index is 0.0941. The van der Waals surface area contributed by atoms with E-state index in [4.69, 9.17) is 5.73 Å². The van der Waals surface area contributed by atoms with Crippen molar-refractivity contribution in [2.45, 2.75) is 13.0 Å². The van der Waals surface area contributed by atoms with Crippen molar-refractivity contribution in [3.05, 3.63) is 48.5 Å². The van der Waals surface area contributed by atoms with E-state index < -0.39 is 11.9 Å². The molecule has 6 nitrogen and oxygen atoms in total. The molecule has 4 N–H and O–H groups in total. The molecule has 1 atom stereocenters. The second-order valence-electron chi connectivity index (χ2n) is 5.20. The van der Waals surface area contributed by atoms with Gasteiger partial charge in [-0.15, -0.1) is 0 Å². The summed E-state index contributed by atoms with van der Waals surface area (Å²) in [7, 11) is 0. The van der Waals surface area contributed by atoms with Crippen LogP contribution in [0.4, 0.5) is 5.82 Å². The molecule has 0 saturated heterocycles. The lowest BCUT2D eigenvalue weighted by molar-refractivity contribution is -0.118. The van der Waals surface area contributed by atoms with Crippen molar-refractivity contribution in [1.82, 2.24) is 9.97 Å². The van der Waals surface area contributed by atoms with Crippen LogP contribution < -0.4 is 11.1 Å². The number of rotatable bonds is 4. The van der Waals surface area contributed by atoms with Crippen LogP contribution in [0.2, 0.25) is 0 Å². The minimum atomic E-state index is -0.578. The number of para-hydroxylation sites is 2. The van der Waals surface area contributed by atoms with Gasteiger partial charge in [-0.1, -0.05) is 24.3 Å². The Morgan fingerprint density at radius 3 is 2.57 bits per heavy atom. The van der Waals surface area contributed by atoms with Crippen LogP contribution >= 0.6 is 0 Å². The third-order valence-corrected chi connectivity index (χ3v) is 3.53. The molecule has 3 rings (SSSR count). The van der Waals surface area contributed by atoms with Crippen molar-refractivity contribution in [2.24, 2.45) is 5.73 Å². The lowest BCUT2D eigenvalue weighted by atomic mass is 10.1. The molecular weight excluding hydrogens is 292 g/mol. The van der Waals surface area contributed by atoms with Crippen molar-refractivity contribution in [1.29, 1.82) is 0 Å². The molecule has 0 aliphatic rings. The zero-order valence-corrected chi connectivity index (χ0v) is 12.5. The van der Waals surface area contributed by atoms with Gasteiger partial charge in [0, 0.05) is 5.39 Å². The number of benzene rings is 2. The van der Waals surface area contributed by atoms with Crippen LogP contribution in [0.15, 0.2) is 48.5 Å². The van der Waals surface area contributed by atoms with Gasteiger partial charge in [0.15, 0.2) is 5.82 Å². The zero-order chi connectivity index (χ0) is 16.4. The number of nitrogens with two attached hydrogens (primary N) is 1. The molecule has 0 fully saturated rings. The quantitative estimate of drug-likeness (QED) is 0.686. The number of nitrogens with zero attached hydrogens (tertiary/aromatic N) is 2. The molecule has 0 saturated carbocycles. The topological polar surface area (TPSA) is 101 Å². The van der Waals surface area contributed by atoms with Crippen molar-refractivity contribution >= 4 is 22.6 Å². The summed E-state index contributed by atoms with van der Waals surface area (Å²) in [5, 5.41) is 13.8. The number of carbonyl (C=O) groups excluding carboxylic acids is 1. The first-order chi connectivity index (χ1) is 11.1. The molecule has 3 aromatic rings. The van der Waals surface area contributed by atoms with Crippen LogP contribution in [-0.4, -0.2) is 27.0 Å². The monoisotopic (exact) mass is 308 g/mol. The maximum absolute atomic E-state index is 11.3. The summed E-state index contributed by atoms with van der Waals surface area (Å²) < 4.78 is 0. The highest BCUT2D eigenvalue weighted by Crippen LogP contribution is 2.30. The number of hydrogen-bond acceptors (Lipinski definition) is 5. The van der Waals surface area contributed by atoms with Gasteiger partial charge in [-0.2, -0.15) is 0 Å². The Kier molecular flexibility index (Phi) is 3.80. The fraction of sp³-hybridized carbons (Fsp3) is 0.118. The van der Waals surface area contributed by atoms with Gasteiger partial charge in [0.2, 0.25) is 5.91 Å². The second-order valence-corrected chi connectivity index (χ2v) is 5.20. The molecule has 0 radical (unpaired) electrons. The molecule has 6 heteroatoms. The van der Waals surface area contributed by atoms with Crippen molar-refractivity contribution in [2.75, 3.05) is 5.32 Å². The number of primary amides is 1. The lowest BCUT2D eigenvalue weighted by Gasteiger charge is -2.14. The Morgan fingerprint density at radius 1 is 1.13 bits per heavy atom. The maximum Gasteiger partial charge on any atom is 0.239 e. The molecule has 0 spiro atoms. The first-order valence-corrected chi connectivity index (χ1v) is 7.17. The van der Waals surface area contributed by atoms with Gasteiger partial charge in [-0.05, 0) is 31.2 Å². The number of amides is 1. The van der Waals surface area contributed by atoms with Gasteiger partial charge in [0.1, 0.15) is 17.6 Å². The molecule has 1 aromatic heterocycles. The molecule has 0 unspecified atom stereocenters. The third kappa shape index (κ3) is 2.91. The van der Waals surface area contributed by atoms with E-state index in [2.05, 4.69) is 15.3 Å². The highest BCUT2D eigenvalue weighted by Gasteiger charge is 2.15. The standard InChI is InChI=1S/C17H16N4O2/c1-10(15(18)23)19-16-11-6-2-4-8-13(11)20-17(21-16)12-7-3-5-9-14(12)22/h2-10,22H,1H3,(H2,18,23)(H,19,20,21)/t10-/m1/s1. The fourth-order valence-corrected chi connectivity index (χ4v) is 2.25. The molecule has 23 heavy (non-hydrogen) atoms. The summed E-state index contributed by atoms with van der Waals surface area (Å²) in [5.41, 5.74) is 6.55. The average Bonchev–Trinajstić information content (AvgIpc) is 2.55. The van der Waals surface area contributed by atoms with E-state index in [1.54, 1.807) is 31.2 Å². The van der Waals surface area contributed by atoms with Gasteiger partial charge in [-0.25, -0.2) is 9.97 Å². The van der Waals surface area contributed by atoms with Crippen LogP contribution in [0.3, 0.4) is 0 Å². The van der Waals surface area contributed by atoms with Crippen molar-refractivity contribution in [3.63, 3.8) is 0 Å². The molecule has 0 aliphatic carbocycles. The van der Waals surface area contributed by atoms with Gasteiger partial charge >= 0.3 is 0 Å². The summed E-state index contributed by atoms with van der Waals surface area (Å²) in [6.07, 6.45) is 0. The number of fused-ring (bicyclic) bond motifs is 1. The first-order valence-electron chi connectivity index (χ1n) is 7.17. The minimum Gasteiger partial charge on any atom is -0.507 e. The highest BCUT2D eigenvalue weighted by molar-refractivity contribution is 5.93. The summed E-state index contributed by atoms with van der Waals surface area (Å²) in [6.45, 7) is 1.67. The lowest BCUT2D eigenvalue weighted by Crippen LogP contribution is -2.32. The van der Waals surface area contributed by atoms with E-state index in [0.717, 1.165) is 5.39 Å². The Hall–Kier alpha value is -3.15. The van der Waals surface area contributed by atoms with E-state index in [-0.39, 0.29) is 5.75 Å². The predicted octanol–water partition coefficient (Wildman–Crippen LogP) is 2.29. The van der Waals surface area contributed by atoms with Gasteiger partial charge in [0.25, 0.3) is 0 Å². The number of carbonyl (C=O) groups is 1. The molecule has 2 aromatic carbocycles. The molecule has 0 aliphatic heterocycles. The van der Waals surface area contributed by atoms with E-state index in [0.29, 0.717) is 22.7 Å². The van der Waals surface area contributed by atoms with Crippen LogP contribution in [0.25, 0.3) is 22.3 Å². The molecular formula is C17H16N4O2. The number of phenols is 1. The van der Waals surface area contributed by atoms with Crippen molar-refractivity contribution < 1.29 is 9.90 Å². The van der Waals surface area contributed by atoms with Crippen molar-refractivity contribution in [3.8, 4) is 17.1 Å². The maximum atomic E-state index is 11.3. The number of phenolic OH excluding ortho intramolecular Hbond substituents is 1. The Labute approximate surface area is 133 Å².